The highest BCUT2D eigenvalue weighted by molar-refractivity contribution is 5.07. The van der Waals surface area contributed by atoms with Gasteiger partial charge in [-0.3, -0.25) is 9.67 Å². The van der Waals surface area contributed by atoms with Crippen molar-refractivity contribution < 1.29 is 0 Å². The average molecular weight is 269 g/mol. The minimum atomic E-state index is 0.593. The summed E-state index contributed by atoms with van der Waals surface area (Å²) >= 11 is 0. The normalized spacial score (nSPS) is 10.8. The molecule has 0 amide bonds. The van der Waals surface area contributed by atoms with Crippen LogP contribution in [0.5, 0.6) is 0 Å². The lowest BCUT2D eigenvalue weighted by Gasteiger charge is -2.03. The maximum absolute atomic E-state index is 4.29. The molecule has 0 aliphatic rings. The Morgan fingerprint density at radius 3 is 2.90 bits per heavy atom. The van der Waals surface area contributed by atoms with Crippen LogP contribution in [0.25, 0.3) is 0 Å². The molecule has 0 N–H and O–H groups in total. The number of pyridine rings is 1. The molecule has 20 heavy (non-hydrogen) atoms. The molecule has 0 atom stereocenters. The van der Waals surface area contributed by atoms with E-state index in [1.807, 2.05) is 37.6 Å². The fourth-order valence-corrected chi connectivity index (χ4v) is 2.03. The molecule has 0 saturated heterocycles. The fraction of sp³-hybridized carbons (Fsp3) is 0.308. The molecule has 7 nitrogen and oxygen atoms in total. The molecule has 3 heterocycles. The van der Waals surface area contributed by atoms with Crippen molar-refractivity contribution in [1.29, 1.82) is 0 Å². The van der Waals surface area contributed by atoms with Crippen LogP contribution in [0, 0.1) is 0 Å². The summed E-state index contributed by atoms with van der Waals surface area (Å²) in [6.07, 6.45) is 7.30. The van der Waals surface area contributed by atoms with Crippen molar-refractivity contribution in [2.24, 2.45) is 7.05 Å². The Labute approximate surface area is 116 Å². The molecule has 0 aromatic carbocycles. The van der Waals surface area contributed by atoms with Crippen LogP contribution < -0.4 is 0 Å². The van der Waals surface area contributed by atoms with Gasteiger partial charge in [-0.25, -0.2) is 4.68 Å². The number of rotatable bonds is 5. The zero-order valence-corrected chi connectivity index (χ0v) is 11.2. The SMILES string of the molecule is Cn1cc(CCc2nnnn2Cc2ccccn2)cn1. The first-order valence-corrected chi connectivity index (χ1v) is 6.44. The van der Waals surface area contributed by atoms with Gasteiger partial charge in [0, 0.05) is 25.9 Å². The Balaban J connectivity index is 1.67. The highest BCUT2D eigenvalue weighted by Gasteiger charge is 2.08. The van der Waals surface area contributed by atoms with Crippen LogP contribution in [0.4, 0.5) is 0 Å². The molecule has 0 aliphatic carbocycles. The van der Waals surface area contributed by atoms with Crippen LogP contribution in [0.1, 0.15) is 17.1 Å². The van der Waals surface area contributed by atoms with Gasteiger partial charge in [0.1, 0.15) is 0 Å². The summed E-state index contributed by atoms with van der Waals surface area (Å²) in [5, 5.41) is 16.0. The summed E-state index contributed by atoms with van der Waals surface area (Å²) in [6.45, 7) is 0.593. The second-order valence-electron chi connectivity index (χ2n) is 4.60. The van der Waals surface area contributed by atoms with Crippen LogP contribution in [0.3, 0.4) is 0 Å². The van der Waals surface area contributed by atoms with Crippen LogP contribution in [-0.4, -0.2) is 35.0 Å². The van der Waals surface area contributed by atoms with E-state index < -0.39 is 0 Å². The Hall–Kier alpha value is -2.57. The van der Waals surface area contributed by atoms with Crippen LogP contribution in [0.2, 0.25) is 0 Å². The predicted molar refractivity (Wildman–Crippen MR) is 71.8 cm³/mol. The van der Waals surface area contributed by atoms with Crippen molar-refractivity contribution in [2.45, 2.75) is 19.4 Å². The summed E-state index contributed by atoms with van der Waals surface area (Å²) in [5.74, 6) is 0.861. The molecule has 0 fully saturated rings. The van der Waals surface area contributed by atoms with Crippen molar-refractivity contribution in [3.8, 4) is 0 Å². The summed E-state index contributed by atoms with van der Waals surface area (Å²) in [6, 6.07) is 5.82. The summed E-state index contributed by atoms with van der Waals surface area (Å²) in [4.78, 5) is 4.29. The summed E-state index contributed by atoms with van der Waals surface area (Å²) in [7, 11) is 1.91. The molecule has 0 unspecified atom stereocenters. The van der Waals surface area contributed by atoms with Gasteiger partial charge in [-0.15, -0.1) is 5.10 Å². The third-order valence-corrected chi connectivity index (χ3v) is 3.04. The van der Waals surface area contributed by atoms with Crippen molar-refractivity contribution >= 4 is 0 Å². The van der Waals surface area contributed by atoms with Gasteiger partial charge in [-0.2, -0.15) is 5.10 Å². The van der Waals surface area contributed by atoms with Crippen molar-refractivity contribution in [2.75, 3.05) is 0 Å². The lowest BCUT2D eigenvalue weighted by atomic mass is 10.2. The second-order valence-corrected chi connectivity index (χ2v) is 4.60. The highest BCUT2D eigenvalue weighted by Crippen LogP contribution is 2.05. The van der Waals surface area contributed by atoms with E-state index in [0.717, 1.165) is 24.4 Å². The molecule has 7 heteroatoms. The molecular weight excluding hydrogens is 254 g/mol. The number of aryl methyl sites for hydroxylation is 3. The minimum absolute atomic E-state index is 0.593. The van der Waals surface area contributed by atoms with E-state index in [0.29, 0.717) is 6.54 Å². The maximum atomic E-state index is 4.29. The number of hydrogen-bond donors (Lipinski definition) is 0. The summed E-state index contributed by atoms with van der Waals surface area (Å²) < 4.78 is 3.59. The zero-order chi connectivity index (χ0) is 13.8. The zero-order valence-electron chi connectivity index (χ0n) is 11.2. The van der Waals surface area contributed by atoms with Gasteiger partial charge < -0.3 is 0 Å². The Kier molecular flexibility index (Phi) is 3.49. The maximum Gasteiger partial charge on any atom is 0.152 e. The third-order valence-electron chi connectivity index (χ3n) is 3.04. The van der Waals surface area contributed by atoms with E-state index in [9.17, 15) is 0 Å². The van der Waals surface area contributed by atoms with E-state index in [1.165, 1.54) is 5.56 Å². The number of aromatic nitrogens is 7. The smallest absolute Gasteiger partial charge is 0.152 e. The summed E-state index contributed by atoms with van der Waals surface area (Å²) in [5.41, 5.74) is 2.13. The number of hydrogen-bond acceptors (Lipinski definition) is 5. The van der Waals surface area contributed by atoms with E-state index in [4.69, 9.17) is 0 Å². The number of tetrazole rings is 1. The van der Waals surface area contributed by atoms with Crippen molar-refractivity contribution in [3.05, 3.63) is 53.9 Å². The fourth-order valence-electron chi connectivity index (χ4n) is 2.03. The van der Waals surface area contributed by atoms with E-state index in [1.54, 1.807) is 15.6 Å². The quantitative estimate of drug-likeness (QED) is 0.679. The Morgan fingerprint density at radius 2 is 2.15 bits per heavy atom. The highest BCUT2D eigenvalue weighted by atomic mass is 15.5. The molecule has 0 spiro atoms. The second kappa shape index (κ2) is 5.60. The van der Waals surface area contributed by atoms with Crippen molar-refractivity contribution in [1.82, 2.24) is 35.0 Å². The minimum Gasteiger partial charge on any atom is -0.276 e. The molecule has 0 saturated carbocycles. The Bertz CT molecular complexity index is 671. The third kappa shape index (κ3) is 2.87. The van der Waals surface area contributed by atoms with Gasteiger partial charge in [-0.1, -0.05) is 6.07 Å². The molecule has 3 aromatic rings. The van der Waals surface area contributed by atoms with E-state index >= 15 is 0 Å². The largest absolute Gasteiger partial charge is 0.276 e. The standard InChI is InChI=1S/C13H15N7/c1-19-9-11(8-15-19)5-6-13-16-17-18-20(13)10-12-4-2-3-7-14-12/h2-4,7-9H,5-6,10H2,1H3. The van der Waals surface area contributed by atoms with Gasteiger partial charge in [-0.05, 0) is 34.5 Å². The van der Waals surface area contributed by atoms with Gasteiger partial charge >= 0.3 is 0 Å². The topological polar surface area (TPSA) is 74.3 Å². The van der Waals surface area contributed by atoms with Crippen LogP contribution in [0.15, 0.2) is 36.8 Å². The van der Waals surface area contributed by atoms with Gasteiger partial charge in [0.2, 0.25) is 0 Å². The first-order valence-electron chi connectivity index (χ1n) is 6.44. The van der Waals surface area contributed by atoms with E-state index in [-0.39, 0.29) is 0 Å². The van der Waals surface area contributed by atoms with Gasteiger partial charge in [0.15, 0.2) is 5.82 Å². The van der Waals surface area contributed by atoms with Gasteiger partial charge in [0.25, 0.3) is 0 Å². The molecule has 3 aromatic heterocycles. The van der Waals surface area contributed by atoms with Crippen LogP contribution >= 0.6 is 0 Å². The molecular formula is C13H15N7. The molecule has 102 valence electrons. The lowest BCUT2D eigenvalue weighted by molar-refractivity contribution is 0.606. The molecule has 3 rings (SSSR count). The van der Waals surface area contributed by atoms with Crippen LogP contribution in [-0.2, 0) is 26.4 Å². The lowest BCUT2D eigenvalue weighted by Crippen LogP contribution is -2.09. The first-order chi connectivity index (χ1) is 9.81. The average Bonchev–Trinajstić information content (AvgIpc) is 3.07. The first kappa shape index (κ1) is 12.5. The van der Waals surface area contributed by atoms with Crippen molar-refractivity contribution in [3.63, 3.8) is 0 Å². The Morgan fingerprint density at radius 1 is 1.20 bits per heavy atom. The monoisotopic (exact) mass is 269 g/mol. The number of nitrogens with zero attached hydrogens (tertiary/aromatic N) is 7. The molecule has 0 aliphatic heterocycles. The molecule has 0 bridgehead atoms. The van der Waals surface area contributed by atoms with Gasteiger partial charge in [0.05, 0.1) is 18.4 Å². The van der Waals surface area contributed by atoms with E-state index in [2.05, 4.69) is 25.6 Å². The molecule has 0 radical (unpaired) electrons. The predicted octanol–water partition coefficient (Wildman–Crippen LogP) is 0.635.